The molecule has 3 aromatic carbocycles. The summed E-state index contributed by atoms with van der Waals surface area (Å²) in [6.45, 7) is 3.17. The molecule has 1 saturated heterocycles. The number of hydrogen-bond acceptors (Lipinski definition) is 4. The zero-order chi connectivity index (χ0) is 25.4. The zero-order valence-electron chi connectivity index (χ0n) is 19.3. The van der Waals surface area contributed by atoms with Gasteiger partial charge in [-0.05, 0) is 55.0 Å². The van der Waals surface area contributed by atoms with Crippen LogP contribution in [0.4, 0.5) is 5.69 Å². The third-order valence-electron chi connectivity index (χ3n) is 6.42. The summed E-state index contributed by atoms with van der Waals surface area (Å²) >= 11 is 18.7. The third-order valence-corrected chi connectivity index (χ3v) is 7.22. The normalized spacial score (nSPS) is 17.1. The number of amides is 1. The Hall–Kier alpha value is -3.25. The average molecular weight is 539 g/mol. The molecule has 5 nitrogen and oxygen atoms in total. The number of allylic oxidation sites excluding steroid dienone is 2. The van der Waals surface area contributed by atoms with Crippen molar-refractivity contribution in [2.75, 3.05) is 18.4 Å². The molecule has 2 heterocycles. The molecule has 1 atom stereocenters. The van der Waals surface area contributed by atoms with E-state index in [0.717, 1.165) is 11.3 Å². The smallest absolute Gasteiger partial charge is 0.254 e. The van der Waals surface area contributed by atoms with Crippen molar-refractivity contribution in [3.8, 4) is 0 Å². The Bertz CT molecular complexity index is 1420. The number of Topliss-reactive ketones (excluding diaryl/α,β-unsaturated/α-hetero) is 1. The van der Waals surface area contributed by atoms with Crippen LogP contribution in [0.15, 0.2) is 95.5 Å². The summed E-state index contributed by atoms with van der Waals surface area (Å²) in [6, 6.07) is 21.3. The largest absolute Gasteiger partial charge is 0.369 e. The van der Waals surface area contributed by atoms with Crippen molar-refractivity contribution in [2.24, 2.45) is 0 Å². The van der Waals surface area contributed by atoms with E-state index < -0.39 is 5.92 Å². The molecule has 1 amide bonds. The molecule has 0 aliphatic carbocycles. The predicted octanol–water partition coefficient (Wildman–Crippen LogP) is 6.66. The van der Waals surface area contributed by atoms with E-state index in [-0.39, 0.29) is 16.7 Å². The first-order valence-electron chi connectivity index (χ1n) is 11.4. The van der Waals surface area contributed by atoms with E-state index in [2.05, 4.69) is 10.6 Å². The Kier molecular flexibility index (Phi) is 6.80. The van der Waals surface area contributed by atoms with Crippen molar-refractivity contribution in [3.05, 3.63) is 122 Å². The molecule has 0 radical (unpaired) electrons. The molecule has 8 heteroatoms. The highest BCUT2D eigenvalue weighted by atomic mass is 35.5. The number of nitrogens with one attached hydrogen (secondary N) is 2. The fourth-order valence-electron chi connectivity index (χ4n) is 4.77. The summed E-state index contributed by atoms with van der Waals surface area (Å²) < 4.78 is 0. The van der Waals surface area contributed by atoms with Gasteiger partial charge in [-0.15, -0.1) is 0 Å². The van der Waals surface area contributed by atoms with Gasteiger partial charge in [-0.1, -0.05) is 65.1 Å². The maximum absolute atomic E-state index is 14.1. The van der Waals surface area contributed by atoms with Crippen LogP contribution in [0.1, 0.15) is 28.8 Å². The van der Waals surface area contributed by atoms with Gasteiger partial charge in [0.15, 0.2) is 5.78 Å². The number of benzene rings is 3. The second-order valence-corrected chi connectivity index (χ2v) is 9.88. The summed E-state index contributed by atoms with van der Waals surface area (Å²) in [5.74, 6) is -0.526. The maximum atomic E-state index is 14.1. The van der Waals surface area contributed by atoms with E-state index in [0.29, 0.717) is 51.4 Å². The Morgan fingerprint density at radius 2 is 1.61 bits per heavy atom. The highest BCUT2D eigenvalue weighted by Crippen LogP contribution is 2.44. The van der Waals surface area contributed by atoms with Crippen molar-refractivity contribution in [2.45, 2.75) is 12.8 Å². The SMILES string of the molecule is CC1=C(C(=O)Nc2ccccc2)C(c2ccc(Cl)cc2)C(C(=O)c2ccc(Cl)cc2Cl)=C2NCCN12. The van der Waals surface area contributed by atoms with E-state index in [1.54, 1.807) is 30.3 Å². The molecule has 0 aromatic heterocycles. The lowest BCUT2D eigenvalue weighted by atomic mass is 9.77. The van der Waals surface area contributed by atoms with Gasteiger partial charge in [-0.25, -0.2) is 0 Å². The fourth-order valence-corrected chi connectivity index (χ4v) is 5.39. The van der Waals surface area contributed by atoms with E-state index in [4.69, 9.17) is 34.8 Å². The van der Waals surface area contributed by atoms with Gasteiger partial charge in [-0.3, -0.25) is 9.59 Å². The van der Waals surface area contributed by atoms with Gasteiger partial charge in [0, 0.05) is 51.6 Å². The van der Waals surface area contributed by atoms with Crippen LogP contribution in [-0.2, 0) is 4.79 Å². The van der Waals surface area contributed by atoms with Crippen LogP contribution in [0.5, 0.6) is 0 Å². The summed E-state index contributed by atoms with van der Waals surface area (Å²) in [7, 11) is 0. The van der Waals surface area contributed by atoms with Gasteiger partial charge in [0.2, 0.25) is 0 Å². The molecule has 182 valence electrons. The van der Waals surface area contributed by atoms with Crippen LogP contribution < -0.4 is 10.6 Å². The molecule has 0 saturated carbocycles. The van der Waals surface area contributed by atoms with Gasteiger partial charge >= 0.3 is 0 Å². The number of carbonyl (C=O) groups is 2. The first-order valence-corrected chi connectivity index (χ1v) is 12.6. The minimum Gasteiger partial charge on any atom is -0.369 e. The van der Waals surface area contributed by atoms with Crippen molar-refractivity contribution in [1.82, 2.24) is 10.2 Å². The molecule has 3 aromatic rings. The lowest BCUT2D eigenvalue weighted by Crippen LogP contribution is -2.36. The molecule has 2 N–H and O–H groups in total. The van der Waals surface area contributed by atoms with Crippen LogP contribution >= 0.6 is 34.8 Å². The van der Waals surface area contributed by atoms with E-state index >= 15 is 0 Å². The molecule has 36 heavy (non-hydrogen) atoms. The minimum absolute atomic E-state index is 0.251. The second-order valence-electron chi connectivity index (χ2n) is 8.60. The molecule has 5 rings (SSSR count). The number of hydrogen-bond donors (Lipinski definition) is 2. The Labute approximate surface area is 224 Å². The second kappa shape index (κ2) is 10.0. The summed E-state index contributed by atoms with van der Waals surface area (Å²) in [5.41, 5.74) is 3.47. The highest BCUT2D eigenvalue weighted by molar-refractivity contribution is 6.37. The van der Waals surface area contributed by atoms with Crippen LogP contribution in [-0.4, -0.2) is 29.7 Å². The van der Waals surface area contributed by atoms with Crippen molar-refractivity contribution in [1.29, 1.82) is 0 Å². The van der Waals surface area contributed by atoms with Crippen molar-refractivity contribution < 1.29 is 9.59 Å². The molecule has 0 bridgehead atoms. The van der Waals surface area contributed by atoms with Gasteiger partial charge in [0.1, 0.15) is 5.82 Å². The minimum atomic E-state index is -0.651. The number of anilines is 1. The maximum Gasteiger partial charge on any atom is 0.254 e. The number of para-hydroxylation sites is 1. The third kappa shape index (κ3) is 4.50. The number of rotatable bonds is 5. The van der Waals surface area contributed by atoms with Gasteiger partial charge < -0.3 is 15.5 Å². The number of carbonyl (C=O) groups excluding carboxylic acids is 2. The quantitative estimate of drug-likeness (QED) is 0.357. The molecule has 2 aliphatic rings. The number of ketones is 1. The highest BCUT2D eigenvalue weighted by Gasteiger charge is 2.42. The zero-order valence-corrected chi connectivity index (χ0v) is 21.6. The van der Waals surface area contributed by atoms with Crippen LogP contribution in [0.3, 0.4) is 0 Å². The predicted molar refractivity (Wildman–Crippen MR) is 144 cm³/mol. The molecule has 1 fully saturated rings. The van der Waals surface area contributed by atoms with Crippen molar-refractivity contribution in [3.63, 3.8) is 0 Å². The Morgan fingerprint density at radius 1 is 0.917 bits per heavy atom. The van der Waals surface area contributed by atoms with Crippen LogP contribution in [0.2, 0.25) is 15.1 Å². The van der Waals surface area contributed by atoms with E-state index in [9.17, 15) is 9.59 Å². The number of fused-ring (bicyclic) bond motifs is 1. The average Bonchev–Trinajstić information content (AvgIpc) is 3.35. The molecule has 0 spiro atoms. The topological polar surface area (TPSA) is 61.4 Å². The van der Waals surface area contributed by atoms with Crippen molar-refractivity contribution >= 4 is 52.2 Å². The first kappa shape index (κ1) is 24.4. The summed E-state index contributed by atoms with van der Waals surface area (Å²) in [6.07, 6.45) is 0. The van der Waals surface area contributed by atoms with Crippen LogP contribution in [0.25, 0.3) is 0 Å². The van der Waals surface area contributed by atoms with Crippen LogP contribution in [0, 0.1) is 0 Å². The summed E-state index contributed by atoms with van der Waals surface area (Å²) in [5, 5.41) is 7.62. The molecular formula is C28H22Cl3N3O2. The summed E-state index contributed by atoms with van der Waals surface area (Å²) in [4.78, 5) is 29.9. The lowest BCUT2D eigenvalue weighted by molar-refractivity contribution is -0.113. The van der Waals surface area contributed by atoms with Gasteiger partial charge in [0.25, 0.3) is 5.91 Å². The van der Waals surface area contributed by atoms with Gasteiger partial charge in [-0.2, -0.15) is 0 Å². The fraction of sp³-hybridized carbons (Fsp3) is 0.143. The molecule has 2 aliphatic heterocycles. The van der Waals surface area contributed by atoms with Gasteiger partial charge in [0.05, 0.1) is 10.6 Å². The Morgan fingerprint density at radius 3 is 2.31 bits per heavy atom. The molecular weight excluding hydrogens is 517 g/mol. The standard InChI is InChI=1S/C28H22Cl3N3O2/c1-16-23(28(36)33-20-5-3-2-4-6-20)24(17-7-9-18(29)10-8-17)25(27-32-13-14-34(16)27)26(35)21-12-11-19(30)15-22(21)31/h2-12,15,24,32H,13-14H2,1H3,(H,33,36). The first-order chi connectivity index (χ1) is 17.3. The van der Waals surface area contributed by atoms with E-state index in [1.807, 2.05) is 54.3 Å². The molecule has 1 unspecified atom stereocenters. The number of nitrogens with zero attached hydrogens (tertiary/aromatic N) is 1. The monoisotopic (exact) mass is 537 g/mol. The Balaban J connectivity index is 1.69. The van der Waals surface area contributed by atoms with E-state index in [1.165, 1.54) is 0 Å². The lowest BCUT2D eigenvalue weighted by Gasteiger charge is -2.36. The number of halogens is 3.